The maximum atomic E-state index is 12.6. The highest BCUT2D eigenvalue weighted by atomic mass is 35.5. The summed E-state index contributed by atoms with van der Waals surface area (Å²) >= 11 is 5.76. The minimum absolute atomic E-state index is 0.0650. The molecule has 1 amide bonds. The maximum Gasteiger partial charge on any atom is 0.316 e. The van der Waals surface area contributed by atoms with Crippen molar-refractivity contribution in [3.8, 4) is 12.1 Å². The zero-order chi connectivity index (χ0) is 16.9. The van der Waals surface area contributed by atoms with Crippen LogP contribution in [0.15, 0.2) is 36.7 Å². The minimum atomic E-state index is -0.151. The topological polar surface area (TPSA) is 79.1 Å². The summed E-state index contributed by atoms with van der Waals surface area (Å²) in [7, 11) is 0. The molecule has 1 aromatic carbocycles. The van der Waals surface area contributed by atoms with E-state index in [4.69, 9.17) is 21.6 Å². The number of nitriles is 1. The van der Waals surface area contributed by atoms with Gasteiger partial charge in [-0.1, -0.05) is 11.6 Å². The van der Waals surface area contributed by atoms with Gasteiger partial charge in [0.05, 0.1) is 35.6 Å². The normalized spacial score (nSPS) is 17.2. The van der Waals surface area contributed by atoms with Crippen molar-refractivity contribution in [2.75, 3.05) is 13.1 Å². The van der Waals surface area contributed by atoms with Crippen LogP contribution >= 0.6 is 11.6 Å². The number of likely N-dealkylation sites (tertiary alicyclic amines) is 1. The number of hydrogen-bond acceptors (Lipinski definition) is 5. The Bertz CT molecular complexity index is 756. The van der Waals surface area contributed by atoms with Gasteiger partial charge in [0.15, 0.2) is 0 Å². The first kappa shape index (κ1) is 16.2. The van der Waals surface area contributed by atoms with E-state index in [0.29, 0.717) is 29.2 Å². The van der Waals surface area contributed by atoms with Gasteiger partial charge in [-0.15, -0.1) is 0 Å². The summed E-state index contributed by atoms with van der Waals surface area (Å²) in [6, 6.07) is 8.94. The van der Waals surface area contributed by atoms with Gasteiger partial charge in [0.2, 0.25) is 0 Å². The van der Waals surface area contributed by atoms with Gasteiger partial charge in [-0.05, 0) is 37.1 Å². The second-order valence-corrected chi connectivity index (χ2v) is 5.94. The summed E-state index contributed by atoms with van der Waals surface area (Å²) in [4.78, 5) is 22.4. The number of amides is 1. The van der Waals surface area contributed by atoms with Gasteiger partial charge < -0.3 is 9.64 Å². The molecule has 1 aliphatic rings. The highest BCUT2D eigenvalue weighted by Crippen LogP contribution is 2.18. The molecule has 2 heterocycles. The van der Waals surface area contributed by atoms with Gasteiger partial charge in [-0.3, -0.25) is 4.79 Å². The Kier molecular flexibility index (Phi) is 4.92. The summed E-state index contributed by atoms with van der Waals surface area (Å²) in [6.45, 7) is 1.16. The van der Waals surface area contributed by atoms with Gasteiger partial charge in [0.25, 0.3) is 5.91 Å². The van der Waals surface area contributed by atoms with E-state index in [2.05, 4.69) is 9.97 Å². The van der Waals surface area contributed by atoms with Gasteiger partial charge in [0.1, 0.15) is 6.10 Å². The third kappa shape index (κ3) is 3.81. The average Bonchev–Trinajstić information content (AvgIpc) is 2.63. The molecular formula is C17H15ClN4O2. The molecule has 24 heavy (non-hydrogen) atoms. The van der Waals surface area contributed by atoms with E-state index in [0.717, 1.165) is 12.8 Å². The number of nitrogens with zero attached hydrogens (tertiary/aromatic N) is 4. The molecule has 1 saturated heterocycles. The molecule has 2 aromatic rings. The van der Waals surface area contributed by atoms with Crippen LogP contribution in [0.4, 0.5) is 0 Å². The molecule has 0 saturated carbocycles. The molecule has 0 aliphatic carbocycles. The Labute approximate surface area is 144 Å². The zero-order valence-corrected chi connectivity index (χ0v) is 13.6. The second-order valence-electron chi connectivity index (χ2n) is 5.51. The lowest BCUT2D eigenvalue weighted by Gasteiger charge is -2.32. The number of ether oxygens (including phenoxy) is 1. The fraction of sp³-hybridized carbons (Fsp3) is 0.294. The first-order chi connectivity index (χ1) is 11.7. The second kappa shape index (κ2) is 7.28. The van der Waals surface area contributed by atoms with Crippen LogP contribution in [0.5, 0.6) is 6.01 Å². The molecule has 122 valence electrons. The molecule has 1 unspecified atom stereocenters. The standard InChI is InChI=1S/C17H15ClN4O2/c18-14-9-20-17(21-10-14)24-15-2-1-7-22(11-15)16(23)13-5-3-12(8-19)4-6-13/h3-6,9-10,15H,1-2,7,11H2. The fourth-order valence-electron chi connectivity index (χ4n) is 2.60. The van der Waals surface area contributed by atoms with Crippen molar-refractivity contribution in [3.63, 3.8) is 0 Å². The van der Waals surface area contributed by atoms with Crippen molar-refractivity contribution in [2.24, 2.45) is 0 Å². The summed E-state index contributed by atoms with van der Waals surface area (Å²) in [5, 5.41) is 9.27. The summed E-state index contributed by atoms with van der Waals surface area (Å²) in [5.74, 6) is -0.0650. The third-order valence-electron chi connectivity index (χ3n) is 3.80. The van der Waals surface area contributed by atoms with Crippen LogP contribution < -0.4 is 4.74 Å². The highest BCUT2D eigenvalue weighted by molar-refractivity contribution is 6.30. The monoisotopic (exact) mass is 342 g/mol. The van der Waals surface area contributed by atoms with Crippen molar-refractivity contribution in [3.05, 3.63) is 52.8 Å². The quantitative estimate of drug-likeness (QED) is 0.856. The molecule has 6 nitrogen and oxygen atoms in total. The van der Waals surface area contributed by atoms with Crippen molar-refractivity contribution in [1.29, 1.82) is 5.26 Å². The molecule has 0 bridgehead atoms. The van der Waals surface area contributed by atoms with E-state index in [9.17, 15) is 4.79 Å². The van der Waals surface area contributed by atoms with E-state index in [-0.39, 0.29) is 18.0 Å². The largest absolute Gasteiger partial charge is 0.458 e. The molecule has 1 aliphatic heterocycles. The predicted octanol–water partition coefficient (Wildman–Crippen LogP) is 2.69. The van der Waals surface area contributed by atoms with E-state index in [1.807, 2.05) is 6.07 Å². The number of carbonyl (C=O) groups excluding carboxylic acids is 1. The molecule has 1 fully saturated rings. The molecule has 7 heteroatoms. The Morgan fingerprint density at radius 1 is 1.29 bits per heavy atom. The SMILES string of the molecule is N#Cc1ccc(C(=O)N2CCCC(Oc3ncc(Cl)cn3)C2)cc1. The predicted molar refractivity (Wildman–Crippen MR) is 87.8 cm³/mol. The highest BCUT2D eigenvalue weighted by Gasteiger charge is 2.26. The van der Waals surface area contributed by atoms with Crippen LogP contribution in [0.3, 0.4) is 0 Å². The molecular weight excluding hydrogens is 328 g/mol. The number of hydrogen-bond donors (Lipinski definition) is 0. The maximum absolute atomic E-state index is 12.6. The smallest absolute Gasteiger partial charge is 0.316 e. The van der Waals surface area contributed by atoms with Gasteiger partial charge >= 0.3 is 6.01 Å². The Morgan fingerprint density at radius 3 is 2.67 bits per heavy atom. The Hall–Kier alpha value is -2.65. The first-order valence-corrected chi connectivity index (χ1v) is 7.97. The summed E-state index contributed by atoms with van der Waals surface area (Å²) in [6.07, 6.45) is 4.49. The molecule has 0 N–H and O–H groups in total. The van der Waals surface area contributed by atoms with Crippen LogP contribution in [0.1, 0.15) is 28.8 Å². The number of aromatic nitrogens is 2. The summed E-state index contributed by atoms with van der Waals surface area (Å²) < 4.78 is 5.75. The Balaban J connectivity index is 1.65. The van der Waals surface area contributed by atoms with Crippen LogP contribution in [-0.2, 0) is 0 Å². The number of benzene rings is 1. The van der Waals surface area contributed by atoms with Gasteiger partial charge in [0, 0.05) is 12.1 Å². The van der Waals surface area contributed by atoms with Crippen LogP contribution in [0, 0.1) is 11.3 Å². The van der Waals surface area contributed by atoms with E-state index in [1.165, 1.54) is 12.4 Å². The van der Waals surface area contributed by atoms with Crippen molar-refractivity contribution >= 4 is 17.5 Å². The van der Waals surface area contributed by atoms with E-state index >= 15 is 0 Å². The van der Waals surface area contributed by atoms with Crippen LogP contribution in [0.25, 0.3) is 0 Å². The average molecular weight is 343 g/mol. The molecule has 0 radical (unpaired) electrons. The van der Waals surface area contributed by atoms with Crippen molar-refractivity contribution in [2.45, 2.75) is 18.9 Å². The Morgan fingerprint density at radius 2 is 2.00 bits per heavy atom. The van der Waals surface area contributed by atoms with Crippen molar-refractivity contribution in [1.82, 2.24) is 14.9 Å². The van der Waals surface area contributed by atoms with Crippen LogP contribution in [0.2, 0.25) is 5.02 Å². The number of carbonyl (C=O) groups is 1. The lowest BCUT2D eigenvalue weighted by atomic mass is 10.1. The fourth-order valence-corrected chi connectivity index (χ4v) is 2.70. The number of rotatable bonds is 3. The lowest BCUT2D eigenvalue weighted by Crippen LogP contribution is -2.44. The van der Waals surface area contributed by atoms with E-state index < -0.39 is 0 Å². The zero-order valence-electron chi connectivity index (χ0n) is 12.9. The van der Waals surface area contributed by atoms with Crippen LogP contribution in [-0.4, -0.2) is 40.0 Å². The molecule has 3 rings (SSSR count). The van der Waals surface area contributed by atoms with Crippen molar-refractivity contribution < 1.29 is 9.53 Å². The van der Waals surface area contributed by atoms with Gasteiger partial charge in [-0.25, -0.2) is 9.97 Å². The lowest BCUT2D eigenvalue weighted by molar-refractivity contribution is 0.0516. The van der Waals surface area contributed by atoms with E-state index in [1.54, 1.807) is 29.2 Å². The third-order valence-corrected chi connectivity index (χ3v) is 3.99. The molecule has 1 atom stereocenters. The summed E-state index contributed by atoms with van der Waals surface area (Å²) in [5.41, 5.74) is 1.10. The molecule has 1 aromatic heterocycles. The minimum Gasteiger partial charge on any atom is -0.458 e. The molecule has 0 spiro atoms. The first-order valence-electron chi connectivity index (χ1n) is 7.59. The van der Waals surface area contributed by atoms with Gasteiger partial charge in [-0.2, -0.15) is 5.26 Å². The number of piperidine rings is 1. The number of halogens is 1.